The quantitative estimate of drug-likeness (QED) is 0.659. The number of aryl methyl sites for hydroxylation is 1. The summed E-state index contributed by atoms with van der Waals surface area (Å²) in [4.78, 5) is 15.0. The average molecular weight is 251 g/mol. The Hall–Kier alpha value is -1.49. The number of pyridine rings is 1. The number of nitrogens with one attached hydrogen (secondary N) is 1. The maximum atomic E-state index is 11.0. The van der Waals surface area contributed by atoms with Gasteiger partial charge in [-0.3, -0.25) is 15.1 Å². The zero-order valence-electron chi connectivity index (χ0n) is 11.7. The first-order valence-corrected chi connectivity index (χ1v) is 6.07. The van der Waals surface area contributed by atoms with E-state index in [1.54, 1.807) is 20.0 Å². The Bertz CT molecular complexity index is 450. The number of hydrogen-bond donors (Lipinski definition) is 1. The zero-order valence-corrected chi connectivity index (χ0v) is 11.7. The third-order valence-corrected chi connectivity index (χ3v) is 2.78. The highest BCUT2D eigenvalue weighted by atomic mass is 16.6. The summed E-state index contributed by atoms with van der Waals surface area (Å²) in [6.07, 6.45) is 2.28. The van der Waals surface area contributed by atoms with Crippen molar-refractivity contribution in [3.63, 3.8) is 0 Å². The molecule has 0 atom stereocenters. The van der Waals surface area contributed by atoms with Crippen LogP contribution < -0.4 is 5.32 Å². The fourth-order valence-electron chi connectivity index (χ4n) is 1.85. The summed E-state index contributed by atoms with van der Waals surface area (Å²) in [6, 6.07) is 0. The van der Waals surface area contributed by atoms with Gasteiger partial charge in [0.2, 0.25) is 0 Å². The Kier molecular flexibility index (Phi) is 4.40. The van der Waals surface area contributed by atoms with Crippen LogP contribution in [0.25, 0.3) is 0 Å². The molecule has 0 fully saturated rings. The van der Waals surface area contributed by atoms with Crippen LogP contribution >= 0.6 is 0 Å². The van der Waals surface area contributed by atoms with Crippen molar-refractivity contribution in [2.75, 3.05) is 6.54 Å². The van der Waals surface area contributed by atoms with E-state index in [0.29, 0.717) is 17.5 Å². The summed E-state index contributed by atoms with van der Waals surface area (Å²) < 4.78 is 0. The standard InChI is InChI=1S/C13H21N3O2/c1-9-8-14-11(6-7-15-13(3,4)5)10(2)12(9)16(17)18/h8,15H,6-7H2,1-5H3. The second-order valence-electron chi connectivity index (χ2n) is 5.55. The largest absolute Gasteiger partial charge is 0.312 e. The second-order valence-corrected chi connectivity index (χ2v) is 5.55. The molecule has 0 amide bonds. The van der Waals surface area contributed by atoms with Gasteiger partial charge in [0.15, 0.2) is 0 Å². The molecule has 0 unspecified atom stereocenters. The van der Waals surface area contributed by atoms with Gasteiger partial charge in [-0.15, -0.1) is 0 Å². The molecule has 1 aromatic rings. The summed E-state index contributed by atoms with van der Waals surface area (Å²) >= 11 is 0. The van der Waals surface area contributed by atoms with E-state index >= 15 is 0 Å². The molecule has 0 aliphatic heterocycles. The number of rotatable bonds is 4. The minimum absolute atomic E-state index is 0.0462. The van der Waals surface area contributed by atoms with Gasteiger partial charge in [-0.1, -0.05) is 0 Å². The van der Waals surface area contributed by atoms with Gasteiger partial charge in [-0.25, -0.2) is 0 Å². The lowest BCUT2D eigenvalue weighted by molar-refractivity contribution is -0.386. The SMILES string of the molecule is Cc1cnc(CCNC(C)(C)C)c(C)c1[N+](=O)[O-]. The molecule has 5 nitrogen and oxygen atoms in total. The van der Waals surface area contributed by atoms with Gasteiger partial charge in [0.1, 0.15) is 0 Å². The summed E-state index contributed by atoms with van der Waals surface area (Å²) in [7, 11) is 0. The number of nitro groups is 1. The smallest absolute Gasteiger partial charge is 0.278 e. The summed E-state index contributed by atoms with van der Waals surface area (Å²) in [5.74, 6) is 0. The van der Waals surface area contributed by atoms with Crippen LogP contribution in [0.3, 0.4) is 0 Å². The Morgan fingerprint density at radius 1 is 1.39 bits per heavy atom. The Labute approximate surface area is 108 Å². The first-order valence-electron chi connectivity index (χ1n) is 6.07. The fourth-order valence-corrected chi connectivity index (χ4v) is 1.85. The van der Waals surface area contributed by atoms with E-state index in [1.807, 2.05) is 0 Å². The monoisotopic (exact) mass is 251 g/mol. The highest BCUT2D eigenvalue weighted by Gasteiger charge is 2.18. The van der Waals surface area contributed by atoms with E-state index in [1.165, 1.54) is 0 Å². The van der Waals surface area contributed by atoms with Gasteiger partial charge in [0.25, 0.3) is 5.69 Å². The van der Waals surface area contributed by atoms with E-state index < -0.39 is 0 Å². The topological polar surface area (TPSA) is 68.1 Å². The molecule has 100 valence electrons. The number of hydrogen-bond acceptors (Lipinski definition) is 4. The maximum Gasteiger partial charge on any atom is 0.278 e. The highest BCUT2D eigenvalue weighted by Crippen LogP contribution is 2.24. The minimum atomic E-state index is -0.326. The van der Waals surface area contributed by atoms with Crippen molar-refractivity contribution in [1.29, 1.82) is 0 Å². The van der Waals surface area contributed by atoms with E-state index in [0.717, 1.165) is 12.2 Å². The third kappa shape index (κ3) is 3.77. The molecule has 1 rings (SSSR count). The van der Waals surface area contributed by atoms with Gasteiger partial charge in [-0.2, -0.15) is 0 Å². The molecule has 0 aromatic carbocycles. The zero-order chi connectivity index (χ0) is 13.9. The molecule has 0 radical (unpaired) electrons. The van der Waals surface area contributed by atoms with Crippen LogP contribution in [0, 0.1) is 24.0 Å². The first kappa shape index (κ1) is 14.6. The predicted octanol–water partition coefficient (Wildman–Crippen LogP) is 2.54. The molecule has 0 aliphatic rings. The van der Waals surface area contributed by atoms with Crippen molar-refractivity contribution in [2.45, 2.75) is 46.6 Å². The summed E-state index contributed by atoms with van der Waals surface area (Å²) in [5, 5.41) is 14.3. The Morgan fingerprint density at radius 3 is 2.50 bits per heavy atom. The van der Waals surface area contributed by atoms with Gasteiger partial charge in [-0.05, 0) is 34.6 Å². The van der Waals surface area contributed by atoms with Crippen molar-refractivity contribution in [3.8, 4) is 0 Å². The molecular formula is C13H21N3O2. The molecule has 0 saturated heterocycles. The van der Waals surface area contributed by atoms with Crippen molar-refractivity contribution >= 4 is 5.69 Å². The van der Waals surface area contributed by atoms with Crippen LogP contribution in [0.4, 0.5) is 5.69 Å². The lowest BCUT2D eigenvalue weighted by Crippen LogP contribution is -2.37. The minimum Gasteiger partial charge on any atom is -0.312 e. The third-order valence-electron chi connectivity index (χ3n) is 2.78. The van der Waals surface area contributed by atoms with E-state index in [-0.39, 0.29) is 16.1 Å². The van der Waals surface area contributed by atoms with Crippen LogP contribution in [-0.4, -0.2) is 22.0 Å². The molecule has 0 bridgehead atoms. The van der Waals surface area contributed by atoms with Gasteiger partial charge in [0.05, 0.1) is 10.6 Å². The molecule has 1 heterocycles. The van der Waals surface area contributed by atoms with Crippen LogP contribution in [-0.2, 0) is 6.42 Å². The average Bonchev–Trinajstić information content (AvgIpc) is 2.19. The second kappa shape index (κ2) is 5.44. The molecule has 0 spiro atoms. The van der Waals surface area contributed by atoms with Crippen molar-refractivity contribution in [1.82, 2.24) is 10.3 Å². The Balaban J connectivity index is 2.85. The van der Waals surface area contributed by atoms with E-state index in [9.17, 15) is 10.1 Å². The highest BCUT2D eigenvalue weighted by molar-refractivity contribution is 5.47. The number of aromatic nitrogens is 1. The van der Waals surface area contributed by atoms with Gasteiger partial charge in [0, 0.05) is 35.8 Å². The number of nitrogens with zero attached hydrogens (tertiary/aromatic N) is 2. The summed E-state index contributed by atoms with van der Waals surface area (Å²) in [5.41, 5.74) is 2.32. The normalized spacial score (nSPS) is 11.6. The molecule has 5 heteroatoms. The predicted molar refractivity (Wildman–Crippen MR) is 71.8 cm³/mol. The Morgan fingerprint density at radius 2 is 2.00 bits per heavy atom. The molecule has 1 N–H and O–H groups in total. The molecule has 0 saturated carbocycles. The first-order chi connectivity index (χ1) is 8.22. The summed E-state index contributed by atoms with van der Waals surface area (Å²) in [6.45, 7) is 10.5. The molecule has 1 aromatic heterocycles. The van der Waals surface area contributed by atoms with Gasteiger partial charge >= 0.3 is 0 Å². The van der Waals surface area contributed by atoms with E-state index in [2.05, 4.69) is 31.1 Å². The molecule has 18 heavy (non-hydrogen) atoms. The van der Waals surface area contributed by atoms with Gasteiger partial charge < -0.3 is 5.32 Å². The van der Waals surface area contributed by atoms with Crippen molar-refractivity contribution < 1.29 is 4.92 Å². The fraction of sp³-hybridized carbons (Fsp3) is 0.615. The van der Waals surface area contributed by atoms with E-state index in [4.69, 9.17) is 0 Å². The van der Waals surface area contributed by atoms with Crippen LogP contribution in [0.15, 0.2) is 6.20 Å². The van der Waals surface area contributed by atoms with Crippen molar-refractivity contribution in [2.24, 2.45) is 0 Å². The lowest BCUT2D eigenvalue weighted by Gasteiger charge is -2.20. The lowest BCUT2D eigenvalue weighted by atomic mass is 10.1. The van der Waals surface area contributed by atoms with Crippen LogP contribution in [0.5, 0.6) is 0 Å². The van der Waals surface area contributed by atoms with Crippen LogP contribution in [0.1, 0.15) is 37.6 Å². The van der Waals surface area contributed by atoms with Crippen molar-refractivity contribution in [3.05, 3.63) is 33.1 Å². The maximum absolute atomic E-state index is 11.0. The molecular weight excluding hydrogens is 230 g/mol. The molecule has 0 aliphatic carbocycles. The van der Waals surface area contributed by atoms with Crippen LogP contribution in [0.2, 0.25) is 0 Å².